The molecule has 0 aliphatic heterocycles. The Kier molecular flexibility index (Phi) is 7.50. The molecule has 0 spiro atoms. The summed E-state index contributed by atoms with van der Waals surface area (Å²) in [6, 6.07) is 8.83. The molecule has 0 aliphatic carbocycles. The van der Waals surface area contributed by atoms with E-state index in [1.807, 2.05) is 0 Å². The Morgan fingerprint density at radius 1 is 0.923 bits per heavy atom. The third kappa shape index (κ3) is 4.78. The van der Waals surface area contributed by atoms with E-state index in [2.05, 4.69) is 72.1 Å². The molecule has 0 saturated heterocycles. The fourth-order valence-electron chi connectivity index (χ4n) is 3.78. The van der Waals surface area contributed by atoms with Gasteiger partial charge in [-0.25, -0.2) is 0 Å². The highest BCUT2D eigenvalue weighted by molar-refractivity contribution is 8.06. The smallest absolute Gasteiger partial charge is 0.185 e. The second kappa shape index (κ2) is 9.20. The number of aryl methyl sites for hydroxylation is 6. The van der Waals surface area contributed by atoms with Gasteiger partial charge < -0.3 is 0 Å². The van der Waals surface area contributed by atoms with Crippen LogP contribution < -0.4 is 0 Å². The van der Waals surface area contributed by atoms with Crippen LogP contribution in [-0.4, -0.2) is 17.3 Å². The molecule has 1 nitrogen and oxygen atoms in total. The monoisotopic (exact) mass is 386 g/mol. The summed E-state index contributed by atoms with van der Waals surface area (Å²) < 4.78 is 0. The first-order valence-corrected chi connectivity index (χ1v) is 12.3. The number of carbonyl (C=O) groups is 1. The van der Waals surface area contributed by atoms with Crippen molar-refractivity contribution in [3.63, 3.8) is 0 Å². The van der Waals surface area contributed by atoms with Crippen molar-refractivity contribution in [2.75, 3.05) is 11.7 Å². The quantitative estimate of drug-likeness (QED) is 0.480. The second-order valence-corrected chi connectivity index (χ2v) is 10.7. The lowest BCUT2D eigenvalue weighted by Crippen LogP contribution is -2.09. The van der Waals surface area contributed by atoms with Gasteiger partial charge in [0, 0.05) is 17.2 Å². The zero-order valence-corrected chi connectivity index (χ0v) is 18.9. The summed E-state index contributed by atoms with van der Waals surface area (Å²) in [6.07, 6.45) is 3.91. The van der Waals surface area contributed by atoms with Crippen molar-refractivity contribution in [3.05, 3.63) is 68.8 Å². The van der Waals surface area contributed by atoms with E-state index in [-0.39, 0.29) is 0 Å². The number of thioether (sulfide) groups is 1. The molecule has 2 aromatic rings. The molecule has 0 heterocycles. The number of rotatable bonds is 7. The normalized spacial score (nSPS) is 12.3. The summed E-state index contributed by atoms with van der Waals surface area (Å²) in [5, 5.41) is 0. The summed E-state index contributed by atoms with van der Waals surface area (Å²) in [7, 11) is -0.740. The predicted molar refractivity (Wildman–Crippen MR) is 119 cm³/mol. The molecule has 0 aliphatic rings. The van der Waals surface area contributed by atoms with Gasteiger partial charge >= 0.3 is 0 Å². The number of hydrogen-bond donors (Lipinski definition) is 0. The van der Waals surface area contributed by atoms with Crippen molar-refractivity contribution in [3.8, 4) is 0 Å². The summed E-state index contributed by atoms with van der Waals surface area (Å²) in [5.74, 6) is 0. The van der Waals surface area contributed by atoms with E-state index in [0.717, 1.165) is 29.2 Å². The van der Waals surface area contributed by atoms with Crippen LogP contribution in [0.2, 0.25) is 0 Å². The Morgan fingerprint density at radius 3 is 2.00 bits per heavy atom. The van der Waals surface area contributed by atoms with E-state index in [9.17, 15) is 4.79 Å². The molecule has 140 valence electrons. The Balaban J connectivity index is 2.44. The minimum absolute atomic E-state index is 0.378. The molecule has 26 heavy (non-hydrogen) atoms. The zero-order chi connectivity index (χ0) is 19.4. The van der Waals surface area contributed by atoms with Crippen molar-refractivity contribution >= 4 is 25.2 Å². The lowest BCUT2D eigenvalue weighted by atomic mass is 9.98. The van der Waals surface area contributed by atoms with E-state index in [4.69, 9.17) is 0 Å². The Labute approximate surface area is 164 Å². The van der Waals surface area contributed by atoms with Gasteiger partial charge in [0.2, 0.25) is 0 Å². The molecule has 1 atom stereocenters. The Hall–Kier alpha value is -1.11. The fourth-order valence-corrected chi connectivity index (χ4v) is 7.52. The van der Waals surface area contributed by atoms with Crippen LogP contribution in [0.1, 0.15) is 56.2 Å². The van der Waals surface area contributed by atoms with Crippen LogP contribution in [0, 0.1) is 34.6 Å². The van der Waals surface area contributed by atoms with Gasteiger partial charge in [-0.3, -0.25) is 4.79 Å². The van der Waals surface area contributed by atoms with Crippen molar-refractivity contribution in [1.82, 2.24) is 0 Å². The molecule has 2 aromatic carbocycles. The van der Waals surface area contributed by atoms with Crippen LogP contribution in [-0.2, 0) is 12.6 Å². The highest BCUT2D eigenvalue weighted by Gasteiger charge is 2.24. The first-order chi connectivity index (χ1) is 12.3. The topological polar surface area (TPSA) is 17.1 Å². The highest BCUT2D eigenvalue weighted by Crippen LogP contribution is 2.48. The van der Waals surface area contributed by atoms with Gasteiger partial charge in [0.25, 0.3) is 0 Å². The van der Waals surface area contributed by atoms with E-state index in [0.29, 0.717) is 5.52 Å². The Morgan fingerprint density at radius 2 is 1.46 bits per heavy atom. The van der Waals surface area contributed by atoms with Crippen LogP contribution in [0.3, 0.4) is 0 Å². The number of carbonyl (C=O) groups excluding carboxylic acids is 1. The van der Waals surface area contributed by atoms with Crippen LogP contribution >= 0.6 is 19.7 Å². The largest absolute Gasteiger partial charge is 0.289 e. The number of hydrogen-bond acceptors (Lipinski definition) is 2. The molecule has 1 unspecified atom stereocenters. The summed E-state index contributed by atoms with van der Waals surface area (Å²) in [5.41, 5.74) is 11.2. The van der Waals surface area contributed by atoms with Gasteiger partial charge in [-0.05, 0) is 83.0 Å². The summed E-state index contributed by atoms with van der Waals surface area (Å²) in [6.45, 7) is 12.9. The molecule has 3 heteroatoms. The average molecular weight is 387 g/mol. The minimum Gasteiger partial charge on any atom is -0.289 e. The zero-order valence-electron chi connectivity index (χ0n) is 17.2. The van der Waals surface area contributed by atoms with Crippen molar-refractivity contribution in [2.45, 2.75) is 54.1 Å². The molecule has 0 radical (unpaired) electrons. The Bertz CT molecular complexity index is 787. The SMILES string of the molecule is CCc1cc(C)cc(C)c1C(=O)P(CSC)Cc1c(C)cc(C)cc1C. The first-order valence-electron chi connectivity index (χ1n) is 9.23. The van der Waals surface area contributed by atoms with Gasteiger partial charge in [-0.15, -0.1) is 0 Å². The third-order valence-electron chi connectivity index (χ3n) is 4.92. The molecular formula is C23H31OPS. The second-order valence-electron chi connectivity index (χ2n) is 7.27. The van der Waals surface area contributed by atoms with Crippen molar-refractivity contribution in [2.24, 2.45) is 0 Å². The molecule has 0 bridgehead atoms. The van der Waals surface area contributed by atoms with Gasteiger partial charge in [-0.1, -0.05) is 42.3 Å². The summed E-state index contributed by atoms with van der Waals surface area (Å²) >= 11 is 1.80. The molecule has 0 N–H and O–H groups in total. The van der Waals surface area contributed by atoms with Crippen molar-refractivity contribution < 1.29 is 4.79 Å². The minimum atomic E-state index is -0.740. The molecule has 0 fully saturated rings. The van der Waals surface area contributed by atoms with Crippen molar-refractivity contribution in [1.29, 1.82) is 0 Å². The van der Waals surface area contributed by atoms with E-state index >= 15 is 0 Å². The lowest BCUT2D eigenvalue weighted by Gasteiger charge is -2.21. The van der Waals surface area contributed by atoms with Crippen LogP contribution in [0.25, 0.3) is 0 Å². The molecular weight excluding hydrogens is 355 g/mol. The summed E-state index contributed by atoms with van der Waals surface area (Å²) in [4.78, 5) is 13.6. The maximum absolute atomic E-state index is 13.6. The van der Waals surface area contributed by atoms with Gasteiger partial charge in [0.15, 0.2) is 5.52 Å². The average Bonchev–Trinajstić information content (AvgIpc) is 2.55. The lowest BCUT2D eigenvalue weighted by molar-refractivity contribution is 0.108. The molecule has 2 rings (SSSR count). The molecule has 0 amide bonds. The first kappa shape index (κ1) is 21.2. The van der Waals surface area contributed by atoms with Crippen LogP contribution in [0.4, 0.5) is 0 Å². The van der Waals surface area contributed by atoms with Gasteiger partial charge in [0.1, 0.15) is 0 Å². The third-order valence-corrected chi connectivity index (χ3v) is 8.69. The van der Waals surface area contributed by atoms with Crippen LogP contribution in [0.5, 0.6) is 0 Å². The molecule has 0 saturated carbocycles. The number of benzene rings is 2. The predicted octanol–water partition coefficient (Wildman–Crippen LogP) is 6.93. The molecule has 0 aromatic heterocycles. The highest BCUT2D eigenvalue weighted by atomic mass is 32.2. The maximum Gasteiger partial charge on any atom is 0.185 e. The van der Waals surface area contributed by atoms with Crippen LogP contribution in [0.15, 0.2) is 24.3 Å². The standard InChI is InChI=1S/C23H31OPS/c1-8-20-12-16(3)11-19(6)22(20)23(24)25(14-26-7)13-21-17(4)9-15(2)10-18(21)5/h9-12H,8,13-14H2,1-7H3. The fraction of sp³-hybridized carbons (Fsp3) is 0.435. The maximum atomic E-state index is 13.6. The van der Waals surface area contributed by atoms with E-state index < -0.39 is 7.92 Å². The van der Waals surface area contributed by atoms with E-state index in [1.54, 1.807) is 11.8 Å². The van der Waals surface area contributed by atoms with Gasteiger partial charge in [-0.2, -0.15) is 11.8 Å². The van der Waals surface area contributed by atoms with E-state index in [1.165, 1.54) is 33.4 Å². The van der Waals surface area contributed by atoms with Gasteiger partial charge in [0.05, 0.1) is 0 Å².